The molecule has 19 heavy (non-hydrogen) atoms. The van der Waals surface area contributed by atoms with Crippen LogP contribution in [0.5, 0.6) is 0 Å². The van der Waals surface area contributed by atoms with Crippen molar-refractivity contribution in [2.75, 3.05) is 30.3 Å². The fraction of sp³-hybridized carbons (Fsp3) is 0.500. The molecule has 0 bridgehead atoms. The lowest BCUT2D eigenvalue weighted by atomic mass is 10.2. The van der Waals surface area contributed by atoms with E-state index in [1.165, 1.54) is 0 Å². The first-order chi connectivity index (χ1) is 9.24. The molecule has 1 fully saturated rings. The zero-order valence-electron chi connectivity index (χ0n) is 11.3. The fourth-order valence-electron chi connectivity index (χ4n) is 1.41. The molecule has 1 aliphatic rings. The van der Waals surface area contributed by atoms with Crippen LogP contribution >= 0.6 is 24.4 Å². The van der Waals surface area contributed by atoms with Crippen molar-refractivity contribution < 1.29 is 4.79 Å². The van der Waals surface area contributed by atoms with E-state index in [0.717, 1.165) is 24.6 Å². The van der Waals surface area contributed by atoms with Crippen molar-refractivity contribution in [3.05, 3.63) is 36.4 Å². The summed E-state index contributed by atoms with van der Waals surface area (Å²) in [5, 5.41) is 2.00. The number of carbonyl (C=O) groups is 1. The van der Waals surface area contributed by atoms with Crippen molar-refractivity contribution in [1.82, 2.24) is 10.4 Å². The van der Waals surface area contributed by atoms with Crippen molar-refractivity contribution in [1.29, 1.82) is 0 Å². The first kappa shape index (κ1) is 16.4. The molecule has 2 rings (SSSR count). The van der Waals surface area contributed by atoms with Crippen LogP contribution in [-0.4, -0.2) is 41.3 Å². The van der Waals surface area contributed by atoms with E-state index in [2.05, 4.69) is 18.1 Å². The number of benzene rings is 1. The lowest BCUT2D eigenvalue weighted by Gasteiger charge is -2.27. The lowest BCUT2D eigenvalue weighted by Crippen LogP contribution is -2.48. The second-order valence-corrected chi connectivity index (χ2v) is 5.90. The predicted octanol–water partition coefficient (Wildman–Crippen LogP) is 2.32. The van der Waals surface area contributed by atoms with Gasteiger partial charge in [-0.05, 0) is 0 Å². The van der Waals surface area contributed by atoms with Gasteiger partial charge in [-0.2, -0.15) is 24.4 Å². The van der Waals surface area contributed by atoms with Gasteiger partial charge in [-0.25, -0.2) is 5.01 Å². The van der Waals surface area contributed by atoms with Crippen molar-refractivity contribution in [3.63, 3.8) is 0 Å². The van der Waals surface area contributed by atoms with E-state index in [0.29, 0.717) is 5.75 Å². The van der Waals surface area contributed by atoms with E-state index in [4.69, 9.17) is 0 Å². The van der Waals surface area contributed by atoms with Crippen LogP contribution in [0.25, 0.3) is 0 Å². The Hall–Kier alpha value is -0.650. The third kappa shape index (κ3) is 7.50. The highest BCUT2D eigenvalue weighted by Crippen LogP contribution is 2.07. The lowest BCUT2D eigenvalue weighted by molar-refractivity contribution is -0.128. The van der Waals surface area contributed by atoms with Crippen molar-refractivity contribution in [3.8, 4) is 0 Å². The van der Waals surface area contributed by atoms with E-state index in [-0.39, 0.29) is 11.8 Å². The number of hydrazine groups is 1. The van der Waals surface area contributed by atoms with Crippen molar-refractivity contribution >= 4 is 30.3 Å². The quantitative estimate of drug-likeness (QED) is 0.840. The monoisotopic (exact) mass is 298 g/mol. The molecule has 1 N–H and O–H groups in total. The zero-order chi connectivity index (χ0) is 13.9. The largest absolute Gasteiger partial charge is 0.289 e. The molecule has 0 radical (unpaired) electrons. The molecule has 1 aromatic carbocycles. The SMILES string of the molecule is CC(CS)C(=O)NN1CCSCC1.c1ccccc1. The molecule has 0 aromatic heterocycles. The summed E-state index contributed by atoms with van der Waals surface area (Å²) in [6.07, 6.45) is 0. The molecule has 106 valence electrons. The van der Waals surface area contributed by atoms with Gasteiger partial charge in [0.2, 0.25) is 5.91 Å². The summed E-state index contributed by atoms with van der Waals surface area (Å²) in [7, 11) is 0. The van der Waals surface area contributed by atoms with Gasteiger partial charge in [0.25, 0.3) is 0 Å². The van der Waals surface area contributed by atoms with Gasteiger partial charge >= 0.3 is 0 Å². The zero-order valence-corrected chi connectivity index (χ0v) is 13.0. The van der Waals surface area contributed by atoms with Gasteiger partial charge in [-0.1, -0.05) is 43.3 Å². The molecule has 1 heterocycles. The summed E-state index contributed by atoms with van der Waals surface area (Å²) in [4.78, 5) is 11.4. The third-order valence-electron chi connectivity index (χ3n) is 2.67. The highest BCUT2D eigenvalue weighted by atomic mass is 32.2. The second kappa shape index (κ2) is 10.2. The van der Waals surface area contributed by atoms with Crippen LogP contribution in [0.2, 0.25) is 0 Å². The van der Waals surface area contributed by atoms with Gasteiger partial charge in [0.1, 0.15) is 0 Å². The Morgan fingerprint density at radius 1 is 1.21 bits per heavy atom. The first-order valence-electron chi connectivity index (χ1n) is 6.48. The van der Waals surface area contributed by atoms with E-state index < -0.39 is 0 Å². The number of hydrogen-bond acceptors (Lipinski definition) is 4. The highest BCUT2D eigenvalue weighted by molar-refractivity contribution is 7.99. The third-order valence-corrected chi connectivity index (χ3v) is 4.16. The van der Waals surface area contributed by atoms with E-state index in [1.54, 1.807) is 0 Å². The molecule has 1 aromatic rings. The Labute approximate surface area is 125 Å². The Morgan fingerprint density at radius 2 is 1.68 bits per heavy atom. The van der Waals surface area contributed by atoms with Crippen molar-refractivity contribution in [2.45, 2.75) is 6.92 Å². The van der Waals surface area contributed by atoms with Crippen LogP contribution in [0.1, 0.15) is 6.92 Å². The molecule has 0 spiro atoms. The molecule has 3 nitrogen and oxygen atoms in total. The van der Waals surface area contributed by atoms with Gasteiger partial charge in [0, 0.05) is 36.3 Å². The summed E-state index contributed by atoms with van der Waals surface area (Å²) in [5.74, 6) is 2.90. The number of amides is 1. The summed E-state index contributed by atoms with van der Waals surface area (Å²) in [6.45, 7) is 3.80. The van der Waals surface area contributed by atoms with E-state index in [9.17, 15) is 4.79 Å². The molecule has 1 amide bonds. The average molecular weight is 298 g/mol. The maximum Gasteiger partial charge on any atom is 0.237 e. The van der Waals surface area contributed by atoms with Crippen LogP contribution in [-0.2, 0) is 4.79 Å². The standard InChI is InChI=1S/C8H16N2OS2.C6H6/c1-7(6-12)8(11)9-10-2-4-13-5-3-10;1-2-4-6-5-3-1/h7,12H,2-6H2,1H3,(H,9,11);1-6H. The number of hydrogen-bond donors (Lipinski definition) is 2. The molecular formula is C14H22N2OS2. The van der Waals surface area contributed by atoms with Gasteiger partial charge in [-0.3, -0.25) is 10.2 Å². The van der Waals surface area contributed by atoms with Gasteiger partial charge in [0.15, 0.2) is 0 Å². The summed E-state index contributed by atoms with van der Waals surface area (Å²) >= 11 is 6.02. The molecule has 0 saturated carbocycles. The number of nitrogens with zero attached hydrogens (tertiary/aromatic N) is 1. The molecule has 0 aliphatic carbocycles. The maximum atomic E-state index is 11.4. The van der Waals surface area contributed by atoms with Crippen molar-refractivity contribution in [2.24, 2.45) is 5.92 Å². The predicted molar refractivity (Wildman–Crippen MR) is 86.5 cm³/mol. The number of rotatable bonds is 3. The number of thioether (sulfide) groups is 1. The van der Waals surface area contributed by atoms with Crippen LogP contribution in [0.3, 0.4) is 0 Å². The molecule has 1 unspecified atom stereocenters. The molecule has 1 saturated heterocycles. The topological polar surface area (TPSA) is 32.3 Å². The Balaban J connectivity index is 0.000000250. The van der Waals surface area contributed by atoms with Gasteiger partial charge < -0.3 is 0 Å². The molecule has 1 atom stereocenters. The molecular weight excluding hydrogens is 276 g/mol. The number of nitrogens with one attached hydrogen (secondary N) is 1. The minimum Gasteiger partial charge on any atom is -0.289 e. The minimum absolute atomic E-state index is 0.00193. The average Bonchev–Trinajstić information content (AvgIpc) is 2.50. The fourth-order valence-corrected chi connectivity index (χ4v) is 2.48. The first-order valence-corrected chi connectivity index (χ1v) is 8.27. The summed E-state index contributed by atoms with van der Waals surface area (Å²) in [5.41, 5.74) is 2.90. The minimum atomic E-state index is -0.00193. The van der Waals surface area contributed by atoms with Gasteiger partial charge in [-0.15, -0.1) is 0 Å². The summed E-state index contributed by atoms with van der Waals surface area (Å²) < 4.78 is 0. The van der Waals surface area contributed by atoms with E-state index >= 15 is 0 Å². The number of carbonyl (C=O) groups excluding carboxylic acids is 1. The smallest absolute Gasteiger partial charge is 0.237 e. The van der Waals surface area contributed by atoms with Gasteiger partial charge in [0.05, 0.1) is 0 Å². The maximum absolute atomic E-state index is 11.4. The number of thiol groups is 1. The van der Waals surface area contributed by atoms with Crippen LogP contribution in [0, 0.1) is 5.92 Å². The summed E-state index contributed by atoms with van der Waals surface area (Å²) in [6, 6.07) is 12.0. The Kier molecular flexibility index (Phi) is 8.79. The van der Waals surface area contributed by atoms with Crippen LogP contribution < -0.4 is 5.43 Å². The molecule has 1 aliphatic heterocycles. The normalized spacial score (nSPS) is 16.9. The second-order valence-electron chi connectivity index (χ2n) is 4.31. The molecule has 5 heteroatoms. The van der Waals surface area contributed by atoms with Crippen LogP contribution in [0.4, 0.5) is 0 Å². The Morgan fingerprint density at radius 3 is 2.11 bits per heavy atom. The Bertz CT molecular complexity index is 316. The van der Waals surface area contributed by atoms with E-state index in [1.807, 2.05) is 60.1 Å². The van der Waals surface area contributed by atoms with Crippen LogP contribution in [0.15, 0.2) is 36.4 Å². The highest BCUT2D eigenvalue weighted by Gasteiger charge is 2.16.